The number of aromatic nitrogens is 1. The predicted molar refractivity (Wildman–Crippen MR) is 87.4 cm³/mol. The minimum Gasteiger partial charge on any atom is -0.350 e. The summed E-state index contributed by atoms with van der Waals surface area (Å²) in [6.07, 6.45) is 4.38. The van der Waals surface area contributed by atoms with Crippen molar-refractivity contribution in [2.45, 2.75) is 43.8 Å². The Hall–Kier alpha value is -1.85. The average molecular weight is 332 g/mol. The normalized spacial score (nSPS) is 26.2. The van der Waals surface area contributed by atoms with Crippen molar-refractivity contribution >= 4 is 17.5 Å². The van der Waals surface area contributed by atoms with Gasteiger partial charge in [0.1, 0.15) is 5.69 Å². The number of rotatable bonds is 3. The van der Waals surface area contributed by atoms with Gasteiger partial charge in [0.05, 0.1) is 0 Å². The van der Waals surface area contributed by atoms with Crippen LogP contribution in [0.5, 0.6) is 0 Å². The highest BCUT2D eigenvalue weighted by molar-refractivity contribution is 6.30. The first kappa shape index (κ1) is 14.7. The second-order valence-corrected chi connectivity index (χ2v) is 6.80. The van der Waals surface area contributed by atoms with Crippen LogP contribution in [0.2, 0.25) is 5.02 Å². The third-order valence-corrected chi connectivity index (χ3v) is 4.90. The van der Waals surface area contributed by atoms with Gasteiger partial charge < -0.3 is 15.2 Å². The molecule has 2 aliphatic rings. The van der Waals surface area contributed by atoms with E-state index in [4.69, 9.17) is 16.1 Å². The molecule has 1 amide bonds. The van der Waals surface area contributed by atoms with Gasteiger partial charge >= 0.3 is 0 Å². The molecule has 5 nitrogen and oxygen atoms in total. The second kappa shape index (κ2) is 5.98. The number of benzene rings is 1. The van der Waals surface area contributed by atoms with Gasteiger partial charge in [0, 0.05) is 34.8 Å². The summed E-state index contributed by atoms with van der Waals surface area (Å²) in [5.41, 5.74) is 1.45. The molecule has 2 fully saturated rings. The number of fused-ring (bicyclic) bond motifs is 2. The van der Waals surface area contributed by atoms with E-state index in [0.717, 1.165) is 18.4 Å². The Morgan fingerprint density at radius 2 is 2.04 bits per heavy atom. The third kappa shape index (κ3) is 3.12. The Morgan fingerprint density at radius 1 is 1.26 bits per heavy atom. The van der Waals surface area contributed by atoms with Crippen LogP contribution in [-0.2, 0) is 0 Å². The lowest BCUT2D eigenvalue weighted by Gasteiger charge is -2.29. The monoisotopic (exact) mass is 331 g/mol. The molecule has 0 saturated carbocycles. The Balaban J connectivity index is 1.45. The Labute approximate surface area is 139 Å². The fraction of sp³-hybridized carbons (Fsp3) is 0.412. The Morgan fingerprint density at radius 3 is 2.78 bits per heavy atom. The molecule has 2 bridgehead atoms. The predicted octanol–water partition coefficient (Wildman–Crippen LogP) is 3.01. The third-order valence-electron chi connectivity index (χ3n) is 4.66. The van der Waals surface area contributed by atoms with Gasteiger partial charge in [-0.1, -0.05) is 28.9 Å². The van der Waals surface area contributed by atoms with Crippen LogP contribution in [-0.4, -0.2) is 29.2 Å². The quantitative estimate of drug-likeness (QED) is 0.907. The molecule has 2 unspecified atom stereocenters. The van der Waals surface area contributed by atoms with Crippen molar-refractivity contribution in [2.75, 3.05) is 0 Å². The van der Waals surface area contributed by atoms with Crippen LogP contribution in [0.3, 0.4) is 0 Å². The summed E-state index contributed by atoms with van der Waals surface area (Å²) in [5.74, 6) is 0.0444. The van der Waals surface area contributed by atoms with Gasteiger partial charge in [-0.2, -0.15) is 0 Å². The van der Waals surface area contributed by atoms with Crippen molar-refractivity contribution in [3.05, 3.63) is 41.1 Å². The molecular weight excluding hydrogens is 314 g/mol. The number of amides is 1. The zero-order chi connectivity index (χ0) is 15.8. The number of halogens is 1. The fourth-order valence-electron chi connectivity index (χ4n) is 3.60. The van der Waals surface area contributed by atoms with E-state index in [1.165, 1.54) is 12.8 Å². The van der Waals surface area contributed by atoms with Crippen LogP contribution in [0.4, 0.5) is 0 Å². The van der Waals surface area contributed by atoms with Gasteiger partial charge in [-0.15, -0.1) is 0 Å². The smallest absolute Gasteiger partial charge is 0.290 e. The number of carbonyl (C=O) groups excluding carboxylic acids is 1. The molecule has 23 heavy (non-hydrogen) atoms. The molecule has 4 rings (SSSR count). The van der Waals surface area contributed by atoms with Gasteiger partial charge in [-0.25, -0.2) is 0 Å². The van der Waals surface area contributed by atoms with E-state index in [-0.39, 0.29) is 17.7 Å². The molecular formula is C17H18ClN3O2. The number of nitrogens with one attached hydrogen (secondary N) is 2. The first-order valence-electron chi connectivity index (χ1n) is 7.97. The van der Waals surface area contributed by atoms with Gasteiger partial charge in [0.25, 0.3) is 5.91 Å². The van der Waals surface area contributed by atoms with Gasteiger partial charge in [-0.05, 0) is 37.8 Å². The minimum atomic E-state index is -0.197. The molecule has 6 heteroatoms. The molecule has 0 radical (unpaired) electrons. The van der Waals surface area contributed by atoms with E-state index in [0.29, 0.717) is 22.8 Å². The summed E-state index contributed by atoms with van der Waals surface area (Å²) in [6, 6.07) is 10.3. The lowest BCUT2D eigenvalue weighted by atomic mass is 10.00. The summed E-state index contributed by atoms with van der Waals surface area (Å²) >= 11 is 5.98. The number of carbonyl (C=O) groups is 1. The van der Waals surface area contributed by atoms with Crippen LogP contribution in [0.25, 0.3) is 11.3 Å². The number of hydrogen-bond acceptors (Lipinski definition) is 4. The maximum absolute atomic E-state index is 12.4. The average Bonchev–Trinajstić information content (AvgIpc) is 3.14. The summed E-state index contributed by atoms with van der Waals surface area (Å²) in [5, 5.41) is 11.2. The summed E-state index contributed by atoms with van der Waals surface area (Å²) in [7, 11) is 0. The van der Waals surface area contributed by atoms with E-state index < -0.39 is 0 Å². The molecule has 2 saturated heterocycles. The van der Waals surface area contributed by atoms with Crippen LogP contribution in [0, 0.1) is 0 Å². The first-order valence-corrected chi connectivity index (χ1v) is 8.35. The molecule has 2 atom stereocenters. The van der Waals surface area contributed by atoms with Crippen molar-refractivity contribution in [1.29, 1.82) is 0 Å². The number of hydrogen-bond donors (Lipinski definition) is 2. The largest absolute Gasteiger partial charge is 0.350 e. The van der Waals surface area contributed by atoms with Crippen molar-refractivity contribution in [1.82, 2.24) is 15.8 Å². The molecule has 1 aromatic carbocycles. The molecule has 2 N–H and O–H groups in total. The van der Waals surface area contributed by atoms with Crippen molar-refractivity contribution < 1.29 is 9.32 Å². The maximum Gasteiger partial charge on any atom is 0.290 e. The molecule has 1 aromatic heterocycles. The Kier molecular flexibility index (Phi) is 3.83. The first-order chi connectivity index (χ1) is 11.2. The van der Waals surface area contributed by atoms with Crippen LogP contribution in [0.1, 0.15) is 36.2 Å². The second-order valence-electron chi connectivity index (χ2n) is 6.37. The molecule has 2 aliphatic heterocycles. The summed E-state index contributed by atoms with van der Waals surface area (Å²) in [6.45, 7) is 0. The number of piperidine rings is 1. The zero-order valence-electron chi connectivity index (χ0n) is 12.6. The van der Waals surface area contributed by atoms with E-state index >= 15 is 0 Å². The van der Waals surface area contributed by atoms with Gasteiger partial charge in [0.15, 0.2) is 0 Å². The molecule has 0 aliphatic carbocycles. The van der Waals surface area contributed by atoms with Crippen LogP contribution in [0.15, 0.2) is 34.9 Å². The fourth-order valence-corrected chi connectivity index (χ4v) is 3.79. The molecule has 3 heterocycles. The van der Waals surface area contributed by atoms with Crippen LogP contribution < -0.4 is 10.6 Å². The van der Waals surface area contributed by atoms with Gasteiger partial charge in [0.2, 0.25) is 5.76 Å². The van der Waals surface area contributed by atoms with Gasteiger partial charge in [-0.3, -0.25) is 4.79 Å². The maximum atomic E-state index is 12.4. The van der Waals surface area contributed by atoms with E-state index in [2.05, 4.69) is 15.8 Å². The number of nitrogens with zero attached hydrogens (tertiary/aromatic N) is 1. The van der Waals surface area contributed by atoms with E-state index in [1.807, 2.05) is 12.1 Å². The molecule has 120 valence electrons. The lowest BCUT2D eigenvalue weighted by Crippen LogP contribution is -2.47. The Bertz CT molecular complexity index is 718. The van der Waals surface area contributed by atoms with Crippen LogP contribution >= 0.6 is 11.6 Å². The molecule has 2 aromatic rings. The molecule has 0 spiro atoms. The lowest BCUT2D eigenvalue weighted by molar-refractivity contribution is 0.0886. The summed E-state index contributed by atoms with van der Waals surface area (Å²) in [4.78, 5) is 12.4. The SMILES string of the molecule is O=C(NC1CC2CCC(C1)N2)c1cc(-c2cccc(Cl)c2)no1. The summed E-state index contributed by atoms with van der Waals surface area (Å²) < 4.78 is 5.21. The van der Waals surface area contributed by atoms with E-state index in [9.17, 15) is 4.79 Å². The minimum absolute atomic E-state index is 0.197. The van der Waals surface area contributed by atoms with Crippen molar-refractivity contribution in [2.24, 2.45) is 0 Å². The topological polar surface area (TPSA) is 67.2 Å². The van der Waals surface area contributed by atoms with Crippen molar-refractivity contribution in [3.8, 4) is 11.3 Å². The highest BCUT2D eigenvalue weighted by Crippen LogP contribution is 2.27. The zero-order valence-corrected chi connectivity index (χ0v) is 13.3. The highest BCUT2D eigenvalue weighted by atomic mass is 35.5. The van der Waals surface area contributed by atoms with E-state index in [1.54, 1.807) is 18.2 Å². The van der Waals surface area contributed by atoms with Crippen molar-refractivity contribution in [3.63, 3.8) is 0 Å². The highest BCUT2D eigenvalue weighted by Gasteiger charge is 2.34. The standard InChI is InChI=1S/C17H18ClN3O2/c18-11-3-1-2-10(6-11)15-9-16(23-21-15)17(22)20-14-7-12-4-5-13(8-14)19-12/h1-3,6,9,12-14,19H,4-5,7-8H2,(H,20,22).